The van der Waals surface area contributed by atoms with Crippen LogP contribution in [-0.2, 0) is 5.75 Å². The van der Waals surface area contributed by atoms with E-state index in [0.717, 1.165) is 11.3 Å². The minimum absolute atomic E-state index is 0.286. The summed E-state index contributed by atoms with van der Waals surface area (Å²) in [4.78, 5) is 0. The Hall–Kier alpha value is -0.410. The number of benzene rings is 1. The van der Waals surface area contributed by atoms with E-state index in [2.05, 4.69) is 6.92 Å². The second-order valence-corrected chi connectivity index (χ2v) is 4.98. The Balaban J connectivity index is 2.59. The van der Waals surface area contributed by atoms with Gasteiger partial charge in [0.25, 0.3) is 0 Å². The molecule has 0 fully saturated rings. The molecular formula is C11H14ClFOS. The molecule has 1 unspecified atom stereocenters. The first-order valence-corrected chi connectivity index (χ1v) is 6.25. The summed E-state index contributed by atoms with van der Waals surface area (Å²) < 4.78 is 18.1. The lowest BCUT2D eigenvalue weighted by atomic mass is 10.2. The van der Waals surface area contributed by atoms with Gasteiger partial charge in [-0.05, 0) is 17.7 Å². The fourth-order valence-corrected chi connectivity index (χ4v) is 2.10. The van der Waals surface area contributed by atoms with E-state index in [-0.39, 0.29) is 11.6 Å². The minimum atomic E-state index is -0.311. The average molecular weight is 249 g/mol. The molecule has 0 spiro atoms. The highest BCUT2D eigenvalue weighted by atomic mass is 35.5. The molecule has 0 saturated carbocycles. The van der Waals surface area contributed by atoms with Crippen molar-refractivity contribution in [2.45, 2.75) is 17.9 Å². The first-order valence-electron chi connectivity index (χ1n) is 4.67. The van der Waals surface area contributed by atoms with E-state index >= 15 is 0 Å². The fourth-order valence-electron chi connectivity index (χ4n) is 1.08. The van der Waals surface area contributed by atoms with Crippen molar-refractivity contribution in [1.82, 2.24) is 0 Å². The van der Waals surface area contributed by atoms with Gasteiger partial charge in [0.05, 0.1) is 7.11 Å². The Morgan fingerprint density at radius 3 is 2.80 bits per heavy atom. The highest BCUT2D eigenvalue weighted by molar-refractivity contribution is 7.99. The summed E-state index contributed by atoms with van der Waals surface area (Å²) in [6, 6.07) is 5.03. The maximum atomic E-state index is 13.3. The van der Waals surface area contributed by atoms with E-state index < -0.39 is 0 Å². The molecule has 0 heterocycles. The van der Waals surface area contributed by atoms with Crippen molar-refractivity contribution in [3.8, 4) is 5.75 Å². The van der Waals surface area contributed by atoms with E-state index in [1.807, 2.05) is 6.07 Å². The topological polar surface area (TPSA) is 9.23 Å². The molecule has 0 saturated heterocycles. The van der Waals surface area contributed by atoms with Gasteiger partial charge >= 0.3 is 0 Å². The second-order valence-electron chi connectivity index (χ2n) is 3.24. The maximum absolute atomic E-state index is 13.3. The van der Waals surface area contributed by atoms with Crippen LogP contribution in [0.3, 0.4) is 0 Å². The number of thioether (sulfide) groups is 1. The van der Waals surface area contributed by atoms with Crippen molar-refractivity contribution in [2.75, 3.05) is 13.0 Å². The summed E-state index contributed by atoms with van der Waals surface area (Å²) in [5.74, 6) is 1.36. The summed E-state index contributed by atoms with van der Waals surface area (Å²) in [5, 5.41) is 0.386. The molecule has 0 bridgehead atoms. The first kappa shape index (κ1) is 12.7. The van der Waals surface area contributed by atoms with E-state index in [9.17, 15) is 4.39 Å². The Kier molecular flexibility index (Phi) is 5.26. The zero-order valence-corrected chi connectivity index (χ0v) is 10.4. The van der Waals surface area contributed by atoms with Crippen LogP contribution in [0.4, 0.5) is 4.39 Å². The lowest BCUT2D eigenvalue weighted by molar-refractivity contribution is 0.386. The van der Waals surface area contributed by atoms with Gasteiger partial charge in [-0.25, -0.2) is 4.39 Å². The fraction of sp³-hybridized carbons (Fsp3) is 0.455. The highest BCUT2D eigenvalue weighted by Crippen LogP contribution is 2.23. The van der Waals surface area contributed by atoms with E-state index in [4.69, 9.17) is 16.3 Å². The molecule has 4 heteroatoms. The van der Waals surface area contributed by atoms with Gasteiger partial charge in [0.1, 0.15) is 0 Å². The van der Waals surface area contributed by atoms with Crippen LogP contribution < -0.4 is 4.74 Å². The van der Waals surface area contributed by atoms with Crippen LogP contribution in [0, 0.1) is 5.82 Å². The molecule has 15 heavy (non-hydrogen) atoms. The largest absolute Gasteiger partial charge is 0.494 e. The second kappa shape index (κ2) is 6.23. The van der Waals surface area contributed by atoms with Gasteiger partial charge in [-0.3, -0.25) is 0 Å². The van der Waals surface area contributed by atoms with Gasteiger partial charge < -0.3 is 4.74 Å². The van der Waals surface area contributed by atoms with Crippen LogP contribution in [0.1, 0.15) is 12.5 Å². The molecule has 1 aromatic carbocycles. The van der Waals surface area contributed by atoms with Gasteiger partial charge in [0.15, 0.2) is 11.6 Å². The molecule has 0 aliphatic heterocycles. The summed E-state index contributed by atoms with van der Waals surface area (Å²) in [6.07, 6.45) is 0. The molecule has 0 radical (unpaired) electrons. The maximum Gasteiger partial charge on any atom is 0.165 e. The van der Waals surface area contributed by atoms with Gasteiger partial charge in [-0.15, -0.1) is 11.6 Å². The van der Waals surface area contributed by atoms with Crippen molar-refractivity contribution < 1.29 is 9.13 Å². The van der Waals surface area contributed by atoms with Crippen LogP contribution in [-0.4, -0.2) is 18.2 Å². The molecule has 1 atom stereocenters. The zero-order chi connectivity index (χ0) is 11.3. The van der Waals surface area contributed by atoms with Crippen LogP contribution in [0.15, 0.2) is 18.2 Å². The standard InChI is InChI=1S/C11H14ClFOS/c1-8(6-12)15-7-9-3-4-11(14-2)10(13)5-9/h3-5,8H,6-7H2,1-2H3. The summed E-state index contributed by atoms with van der Waals surface area (Å²) in [6.45, 7) is 2.05. The summed E-state index contributed by atoms with van der Waals surface area (Å²) >= 11 is 7.39. The molecule has 0 aliphatic carbocycles. The van der Waals surface area contributed by atoms with E-state index in [1.54, 1.807) is 17.8 Å². The Labute approximate surface area is 99.0 Å². The molecule has 1 rings (SSSR count). The minimum Gasteiger partial charge on any atom is -0.494 e. The smallest absolute Gasteiger partial charge is 0.165 e. The monoisotopic (exact) mass is 248 g/mol. The number of hydrogen-bond acceptors (Lipinski definition) is 2. The van der Waals surface area contributed by atoms with Crippen molar-refractivity contribution in [3.05, 3.63) is 29.6 Å². The van der Waals surface area contributed by atoms with Crippen LogP contribution in [0.25, 0.3) is 0 Å². The molecular weight excluding hydrogens is 235 g/mol. The molecule has 1 aromatic rings. The van der Waals surface area contributed by atoms with Gasteiger partial charge in [-0.2, -0.15) is 11.8 Å². The number of hydrogen-bond donors (Lipinski definition) is 0. The van der Waals surface area contributed by atoms with Crippen molar-refractivity contribution in [3.63, 3.8) is 0 Å². The third kappa shape index (κ3) is 3.92. The molecule has 0 N–H and O–H groups in total. The Morgan fingerprint density at radius 2 is 2.27 bits per heavy atom. The average Bonchev–Trinajstić information content (AvgIpc) is 2.26. The van der Waals surface area contributed by atoms with Gasteiger partial charge in [0.2, 0.25) is 0 Å². The first-order chi connectivity index (χ1) is 7.17. The number of methoxy groups -OCH3 is 1. The molecule has 0 aliphatic rings. The molecule has 0 amide bonds. The van der Waals surface area contributed by atoms with Gasteiger partial charge in [0, 0.05) is 16.9 Å². The van der Waals surface area contributed by atoms with Gasteiger partial charge in [-0.1, -0.05) is 13.0 Å². The van der Waals surface area contributed by atoms with Crippen LogP contribution in [0.5, 0.6) is 5.75 Å². The van der Waals surface area contributed by atoms with E-state index in [0.29, 0.717) is 11.1 Å². The summed E-state index contributed by atoms with van der Waals surface area (Å²) in [7, 11) is 1.46. The molecule has 0 aromatic heterocycles. The lowest BCUT2D eigenvalue weighted by Gasteiger charge is -2.08. The van der Waals surface area contributed by atoms with Crippen LogP contribution >= 0.6 is 23.4 Å². The Bertz CT molecular complexity index is 319. The predicted octanol–water partition coefficient (Wildman–Crippen LogP) is 3.69. The normalized spacial score (nSPS) is 12.5. The third-order valence-corrected chi connectivity index (χ3v) is 3.85. The van der Waals surface area contributed by atoms with Crippen LogP contribution in [0.2, 0.25) is 0 Å². The zero-order valence-electron chi connectivity index (χ0n) is 8.80. The third-order valence-electron chi connectivity index (χ3n) is 1.97. The van der Waals surface area contributed by atoms with E-state index in [1.165, 1.54) is 13.2 Å². The molecule has 1 nitrogen and oxygen atoms in total. The quantitative estimate of drug-likeness (QED) is 0.735. The van der Waals surface area contributed by atoms with Crippen molar-refractivity contribution in [1.29, 1.82) is 0 Å². The number of halogens is 2. The SMILES string of the molecule is COc1ccc(CSC(C)CCl)cc1F. The lowest BCUT2D eigenvalue weighted by Crippen LogP contribution is -1.98. The number of ether oxygens (including phenoxy) is 1. The summed E-state index contributed by atoms with van der Waals surface area (Å²) in [5.41, 5.74) is 0.954. The highest BCUT2D eigenvalue weighted by Gasteiger charge is 2.05. The predicted molar refractivity (Wildman–Crippen MR) is 64.4 cm³/mol. The van der Waals surface area contributed by atoms with Crippen molar-refractivity contribution >= 4 is 23.4 Å². The number of rotatable bonds is 5. The molecule has 84 valence electrons. The van der Waals surface area contributed by atoms with Crippen molar-refractivity contribution in [2.24, 2.45) is 0 Å². The Morgan fingerprint density at radius 1 is 1.53 bits per heavy atom. The number of alkyl halides is 1.